The van der Waals surface area contributed by atoms with Crippen molar-refractivity contribution >= 4 is 0 Å². The van der Waals surface area contributed by atoms with E-state index in [1.54, 1.807) is 4.68 Å². The number of nitrogens with zero attached hydrogens (tertiary/aromatic N) is 2. The third-order valence-corrected chi connectivity index (χ3v) is 1.50. The van der Waals surface area contributed by atoms with Crippen LogP contribution in [-0.2, 0) is 0 Å². The number of rotatable bonds is 2. The van der Waals surface area contributed by atoms with Gasteiger partial charge in [-0.2, -0.15) is 5.10 Å². The van der Waals surface area contributed by atoms with Gasteiger partial charge in [0.1, 0.15) is 0 Å². The highest BCUT2D eigenvalue weighted by molar-refractivity contribution is 4.95. The molecule has 1 aromatic rings. The molecular weight excluding hydrogens is 126 g/mol. The van der Waals surface area contributed by atoms with E-state index in [1.807, 2.05) is 26.1 Å². The second kappa shape index (κ2) is 2.84. The normalized spacial score (nSPS) is 13.5. The third kappa shape index (κ3) is 1.36. The molecule has 1 aromatic heterocycles. The van der Waals surface area contributed by atoms with Crippen molar-refractivity contribution < 1.29 is 0 Å². The molecule has 0 saturated heterocycles. The van der Waals surface area contributed by atoms with Crippen LogP contribution in [0, 0.1) is 6.92 Å². The van der Waals surface area contributed by atoms with Crippen LogP contribution in [0.4, 0.5) is 0 Å². The van der Waals surface area contributed by atoms with Gasteiger partial charge in [-0.05, 0) is 19.4 Å². The summed E-state index contributed by atoms with van der Waals surface area (Å²) in [5.74, 6) is 0. The summed E-state index contributed by atoms with van der Waals surface area (Å²) in [5, 5.41) is 4.17. The maximum Gasteiger partial charge on any atom is 0.0985 e. The number of hydrogen-bond acceptors (Lipinski definition) is 2. The zero-order valence-corrected chi connectivity index (χ0v) is 6.41. The molecule has 0 saturated carbocycles. The van der Waals surface area contributed by atoms with E-state index in [9.17, 15) is 0 Å². The topological polar surface area (TPSA) is 43.8 Å². The Balaban J connectivity index is 2.74. The Kier molecular flexibility index (Phi) is 2.06. The summed E-state index contributed by atoms with van der Waals surface area (Å²) < 4.78 is 1.79. The molecule has 0 aliphatic carbocycles. The van der Waals surface area contributed by atoms with E-state index in [4.69, 9.17) is 5.73 Å². The molecule has 3 heteroatoms. The summed E-state index contributed by atoms with van der Waals surface area (Å²) in [6.45, 7) is 4.00. The van der Waals surface area contributed by atoms with Crippen molar-refractivity contribution in [1.29, 1.82) is 0 Å². The monoisotopic (exact) mass is 139 g/mol. The van der Waals surface area contributed by atoms with E-state index in [-0.39, 0.29) is 6.17 Å². The van der Waals surface area contributed by atoms with Crippen LogP contribution in [0.3, 0.4) is 0 Å². The Bertz CT molecular complexity index is 204. The first-order valence-electron chi connectivity index (χ1n) is 3.51. The molecule has 10 heavy (non-hydrogen) atoms. The zero-order chi connectivity index (χ0) is 7.56. The Morgan fingerprint density at radius 2 is 2.50 bits per heavy atom. The molecule has 0 radical (unpaired) electrons. The Morgan fingerprint density at radius 3 is 2.90 bits per heavy atom. The van der Waals surface area contributed by atoms with Crippen LogP contribution in [0.2, 0.25) is 0 Å². The standard InChI is InChI=1S/C7H13N3/c1-3-7(8)10-5-4-6(2)9-10/h4-5,7H,3,8H2,1-2H3. The number of aryl methyl sites for hydroxylation is 1. The molecule has 2 N–H and O–H groups in total. The quantitative estimate of drug-likeness (QED) is 0.665. The molecule has 1 heterocycles. The van der Waals surface area contributed by atoms with Crippen LogP contribution in [0.5, 0.6) is 0 Å². The van der Waals surface area contributed by atoms with Crippen molar-refractivity contribution in [2.75, 3.05) is 0 Å². The van der Waals surface area contributed by atoms with Crippen molar-refractivity contribution in [3.63, 3.8) is 0 Å². The minimum absolute atomic E-state index is 0.0358. The molecule has 1 rings (SSSR count). The second-order valence-corrected chi connectivity index (χ2v) is 2.41. The van der Waals surface area contributed by atoms with Gasteiger partial charge in [-0.25, -0.2) is 0 Å². The van der Waals surface area contributed by atoms with E-state index in [0.717, 1.165) is 12.1 Å². The highest BCUT2D eigenvalue weighted by atomic mass is 15.3. The maximum atomic E-state index is 5.71. The minimum atomic E-state index is 0.0358. The average Bonchev–Trinajstić information content (AvgIpc) is 2.34. The third-order valence-electron chi connectivity index (χ3n) is 1.50. The molecule has 0 amide bonds. The van der Waals surface area contributed by atoms with Gasteiger partial charge >= 0.3 is 0 Å². The summed E-state index contributed by atoms with van der Waals surface area (Å²) in [7, 11) is 0. The predicted molar refractivity (Wildman–Crippen MR) is 40.5 cm³/mol. The molecule has 0 aliphatic rings. The molecule has 0 bridgehead atoms. The summed E-state index contributed by atoms with van der Waals surface area (Å²) in [6.07, 6.45) is 2.86. The van der Waals surface area contributed by atoms with Crippen molar-refractivity contribution in [3.8, 4) is 0 Å². The summed E-state index contributed by atoms with van der Waals surface area (Å²) in [4.78, 5) is 0. The lowest BCUT2D eigenvalue weighted by Gasteiger charge is -2.07. The zero-order valence-electron chi connectivity index (χ0n) is 6.41. The number of nitrogens with two attached hydrogens (primary N) is 1. The van der Waals surface area contributed by atoms with E-state index in [2.05, 4.69) is 5.10 Å². The first-order chi connectivity index (χ1) is 4.74. The van der Waals surface area contributed by atoms with E-state index >= 15 is 0 Å². The van der Waals surface area contributed by atoms with Gasteiger partial charge in [0.15, 0.2) is 0 Å². The molecule has 0 fully saturated rings. The Labute approximate surface area is 60.8 Å². The molecule has 56 valence electrons. The van der Waals surface area contributed by atoms with Gasteiger partial charge in [0.05, 0.1) is 11.9 Å². The molecule has 0 aliphatic heterocycles. The fraction of sp³-hybridized carbons (Fsp3) is 0.571. The molecule has 1 unspecified atom stereocenters. The van der Waals surface area contributed by atoms with Crippen molar-refractivity contribution in [2.24, 2.45) is 5.73 Å². The van der Waals surface area contributed by atoms with Crippen LogP contribution in [0.15, 0.2) is 12.3 Å². The highest BCUT2D eigenvalue weighted by Crippen LogP contribution is 2.02. The molecule has 3 nitrogen and oxygen atoms in total. The van der Waals surface area contributed by atoms with Crippen molar-refractivity contribution in [2.45, 2.75) is 26.4 Å². The minimum Gasteiger partial charge on any atom is -0.310 e. The van der Waals surface area contributed by atoms with Gasteiger partial charge in [-0.15, -0.1) is 0 Å². The summed E-state index contributed by atoms with van der Waals surface area (Å²) in [5.41, 5.74) is 6.73. The summed E-state index contributed by atoms with van der Waals surface area (Å²) >= 11 is 0. The fourth-order valence-electron chi connectivity index (χ4n) is 0.805. The smallest absolute Gasteiger partial charge is 0.0985 e. The molecule has 1 atom stereocenters. The molecule has 0 aromatic carbocycles. The Morgan fingerprint density at radius 1 is 1.80 bits per heavy atom. The van der Waals surface area contributed by atoms with Crippen LogP contribution in [0.1, 0.15) is 25.2 Å². The first-order valence-corrected chi connectivity index (χ1v) is 3.51. The molecule has 0 spiro atoms. The second-order valence-electron chi connectivity index (χ2n) is 2.41. The number of hydrogen-bond donors (Lipinski definition) is 1. The van der Waals surface area contributed by atoms with Crippen molar-refractivity contribution in [1.82, 2.24) is 9.78 Å². The van der Waals surface area contributed by atoms with Crippen LogP contribution < -0.4 is 5.73 Å². The van der Waals surface area contributed by atoms with Crippen LogP contribution in [0.25, 0.3) is 0 Å². The van der Waals surface area contributed by atoms with Gasteiger partial charge < -0.3 is 5.73 Å². The van der Waals surface area contributed by atoms with Gasteiger partial charge in [0, 0.05) is 6.20 Å². The van der Waals surface area contributed by atoms with Gasteiger partial charge in [0.2, 0.25) is 0 Å². The van der Waals surface area contributed by atoms with Crippen molar-refractivity contribution in [3.05, 3.63) is 18.0 Å². The average molecular weight is 139 g/mol. The van der Waals surface area contributed by atoms with Gasteiger partial charge in [0.25, 0.3) is 0 Å². The fourth-order valence-corrected chi connectivity index (χ4v) is 0.805. The maximum absolute atomic E-state index is 5.71. The van der Waals surface area contributed by atoms with Crippen LogP contribution in [-0.4, -0.2) is 9.78 Å². The lowest BCUT2D eigenvalue weighted by molar-refractivity contribution is 0.454. The summed E-state index contributed by atoms with van der Waals surface area (Å²) in [6, 6.07) is 1.95. The van der Waals surface area contributed by atoms with Gasteiger partial charge in [-0.3, -0.25) is 4.68 Å². The van der Waals surface area contributed by atoms with E-state index in [1.165, 1.54) is 0 Å². The lowest BCUT2D eigenvalue weighted by Crippen LogP contribution is -2.17. The van der Waals surface area contributed by atoms with Crippen LogP contribution >= 0.6 is 0 Å². The molecular formula is C7H13N3. The first kappa shape index (κ1) is 7.28. The Hall–Kier alpha value is -0.830. The van der Waals surface area contributed by atoms with Gasteiger partial charge in [-0.1, -0.05) is 6.92 Å². The largest absolute Gasteiger partial charge is 0.310 e. The van der Waals surface area contributed by atoms with E-state index in [0.29, 0.717) is 0 Å². The van der Waals surface area contributed by atoms with E-state index < -0.39 is 0 Å². The lowest BCUT2D eigenvalue weighted by atomic mass is 10.4. The number of aromatic nitrogens is 2. The SMILES string of the molecule is CCC(N)n1ccc(C)n1. The highest BCUT2D eigenvalue weighted by Gasteiger charge is 2.00. The predicted octanol–water partition coefficient (Wildman–Crippen LogP) is 1.06.